The molecule has 0 spiro atoms. The van der Waals surface area contributed by atoms with Crippen LogP contribution in [0.25, 0.3) is 11.1 Å². The molecule has 1 aromatic heterocycles. The van der Waals surface area contributed by atoms with Crippen LogP contribution in [0.4, 0.5) is 0 Å². The van der Waals surface area contributed by atoms with E-state index in [1.54, 1.807) is 18.0 Å². The van der Waals surface area contributed by atoms with Gasteiger partial charge in [0.15, 0.2) is 0 Å². The molecule has 0 atom stereocenters. The summed E-state index contributed by atoms with van der Waals surface area (Å²) in [7, 11) is 3.52. The van der Waals surface area contributed by atoms with Crippen LogP contribution in [0.3, 0.4) is 0 Å². The minimum absolute atomic E-state index is 0.417. The summed E-state index contributed by atoms with van der Waals surface area (Å²) in [6.45, 7) is 2.38. The maximum absolute atomic E-state index is 6.12. The van der Waals surface area contributed by atoms with Crippen LogP contribution in [0.15, 0.2) is 18.3 Å². The van der Waals surface area contributed by atoms with E-state index in [0.717, 1.165) is 28.1 Å². The van der Waals surface area contributed by atoms with Crippen LogP contribution in [0.5, 0.6) is 5.75 Å². The van der Waals surface area contributed by atoms with Gasteiger partial charge >= 0.3 is 0 Å². The lowest BCUT2D eigenvalue weighted by Crippen LogP contribution is -2.06. The number of nitrogens with zero attached hydrogens (tertiary/aromatic N) is 2. The summed E-state index contributed by atoms with van der Waals surface area (Å²) in [5.41, 5.74) is 9.60. The lowest BCUT2D eigenvalue weighted by molar-refractivity contribution is 0.413. The van der Waals surface area contributed by atoms with E-state index in [1.807, 2.05) is 26.1 Å². The van der Waals surface area contributed by atoms with Gasteiger partial charge in [-0.3, -0.25) is 4.68 Å². The van der Waals surface area contributed by atoms with Gasteiger partial charge < -0.3 is 10.5 Å². The van der Waals surface area contributed by atoms with Gasteiger partial charge in [-0.1, -0.05) is 11.6 Å². The molecule has 2 rings (SSSR count). The first-order valence-electron chi connectivity index (χ1n) is 5.64. The zero-order valence-electron chi connectivity index (χ0n) is 10.7. The number of benzene rings is 1. The minimum atomic E-state index is 0.417. The molecule has 0 amide bonds. The SMILES string of the molecule is COc1c(C)cc(Cl)cc1-c1cnn(C)c1CN. The summed E-state index contributed by atoms with van der Waals surface area (Å²) in [5.74, 6) is 0.808. The number of methoxy groups -OCH3 is 1. The molecule has 0 unspecified atom stereocenters. The molecule has 0 radical (unpaired) electrons. The second-order valence-corrected chi connectivity index (χ2v) is 4.57. The Hall–Kier alpha value is -1.52. The molecular formula is C13H16ClN3O. The van der Waals surface area contributed by atoms with Gasteiger partial charge in [-0.25, -0.2) is 0 Å². The number of rotatable bonds is 3. The molecule has 1 aromatic carbocycles. The average Bonchev–Trinajstić information content (AvgIpc) is 2.69. The van der Waals surface area contributed by atoms with Crippen LogP contribution < -0.4 is 10.5 Å². The first-order valence-corrected chi connectivity index (χ1v) is 6.01. The first-order chi connectivity index (χ1) is 8.58. The minimum Gasteiger partial charge on any atom is -0.496 e. The molecular weight excluding hydrogens is 250 g/mol. The Balaban J connectivity index is 2.69. The highest BCUT2D eigenvalue weighted by atomic mass is 35.5. The molecule has 0 aliphatic rings. The van der Waals surface area contributed by atoms with Crippen LogP contribution in [-0.4, -0.2) is 16.9 Å². The standard InChI is InChI=1S/C13H16ClN3O/c1-8-4-9(14)5-10(13(8)18-3)11-7-16-17(2)12(11)6-15/h4-5,7H,6,15H2,1-3H3. The highest BCUT2D eigenvalue weighted by molar-refractivity contribution is 6.31. The topological polar surface area (TPSA) is 53.1 Å². The number of aromatic nitrogens is 2. The van der Waals surface area contributed by atoms with Crippen molar-refractivity contribution in [3.63, 3.8) is 0 Å². The second kappa shape index (κ2) is 5.00. The zero-order valence-corrected chi connectivity index (χ0v) is 11.5. The lowest BCUT2D eigenvalue weighted by Gasteiger charge is -2.12. The van der Waals surface area contributed by atoms with E-state index < -0.39 is 0 Å². The van der Waals surface area contributed by atoms with Crippen molar-refractivity contribution in [3.8, 4) is 16.9 Å². The fraction of sp³-hybridized carbons (Fsp3) is 0.308. The number of halogens is 1. The zero-order chi connectivity index (χ0) is 13.3. The number of ether oxygens (including phenoxy) is 1. The van der Waals surface area contributed by atoms with Crippen molar-refractivity contribution in [2.75, 3.05) is 7.11 Å². The Morgan fingerprint density at radius 3 is 2.72 bits per heavy atom. The number of aryl methyl sites for hydroxylation is 2. The van der Waals surface area contributed by atoms with Gasteiger partial charge in [-0.2, -0.15) is 5.10 Å². The second-order valence-electron chi connectivity index (χ2n) is 4.14. The molecule has 0 saturated heterocycles. The van der Waals surface area contributed by atoms with Crippen molar-refractivity contribution < 1.29 is 4.74 Å². The first kappa shape index (κ1) is 12.9. The van der Waals surface area contributed by atoms with E-state index in [-0.39, 0.29) is 0 Å². The molecule has 18 heavy (non-hydrogen) atoms. The summed E-state index contributed by atoms with van der Waals surface area (Å²) in [5, 5.41) is 4.91. The van der Waals surface area contributed by atoms with Crippen molar-refractivity contribution >= 4 is 11.6 Å². The quantitative estimate of drug-likeness (QED) is 0.928. The van der Waals surface area contributed by atoms with E-state index in [1.165, 1.54) is 0 Å². The average molecular weight is 266 g/mol. The third-order valence-corrected chi connectivity index (χ3v) is 3.21. The van der Waals surface area contributed by atoms with Crippen molar-refractivity contribution in [1.82, 2.24) is 9.78 Å². The molecule has 5 heteroatoms. The molecule has 1 heterocycles. The van der Waals surface area contributed by atoms with Gasteiger partial charge in [-0.15, -0.1) is 0 Å². The van der Waals surface area contributed by atoms with E-state index in [2.05, 4.69) is 5.10 Å². The Kier molecular flexibility index (Phi) is 3.59. The molecule has 0 bridgehead atoms. The number of hydrogen-bond acceptors (Lipinski definition) is 3. The Morgan fingerprint density at radius 1 is 1.39 bits per heavy atom. The maximum atomic E-state index is 6.12. The van der Waals surface area contributed by atoms with Crippen LogP contribution in [0.2, 0.25) is 5.02 Å². The third-order valence-electron chi connectivity index (χ3n) is 2.99. The van der Waals surface area contributed by atoms with E-state index in [4.69, 9.17) is 22.1 Å². The summed E-state index contributed by atoms with van der Waals surface area (Å²) in [6.07, 6.45) is 1.79. The van der Waals surface area contributed by atoms with Gasteiger partial charge in [0.05, 0.1) is 19.0 Å². The predicted octanol–water partition coefficient (Wildman–Crippen LogP) is 2.52. The molecule has 0 saturated carbocycles. The smallest absolute Gasteiger partial charge is 0.129 e. The summed E-state index contributed by atoms with van der Waals surface area (Å²) < 4.78 is 7.23. The summed E-state index contributed by atoms with van der Waals surface area (Å²) in [4.78, 5) is 0. The summed E-state index contributed by atoms with van der Waals surface area (Å²) in [6, 6.07) is 3.76. The van der Waals surface area contributed by atoms with Gasteiger partial charge in [-0.05, 0) is 24.6 Å². The maximum Gasteiger partial charge on any atom is 0.129 e. The Morgan fingerprint density at radius 2 is 2.11 bits per heavy atom. The predicted molar refractivity (Wildman–Crippen MR) is 72.8 cm³/mol. The van der Waals surface area contributed by atoms with Gasteiger partial charge in [0.2, 0.25) is 0 Å². The molecule has 0 fully saturated rings. The van der Waals surface area contributed by atoms with E-state index >= 15 is 0 Å². The fourth-order valence-corrected chi connectivity index (χ4v) is 2.40. The number of hydrogen-bond donors (Lipinski definition) is 1. The monoisotopic (exact) mass is 265 g/mol. The van der Waals surface area contributed by atoms with Crippen molar-refractivity contribution in [2.45, 2.75) is 13.5 Å². The van der Waals surface area contributed by atoms with Gasteiger partial charge in [0.1, 0.15) is 5.75 Å². The molecule has 0 aliphatic heterocycles. The molecule has 2 N–H and O–H groups in total. The molecule has 4 nitrogen and oxygen atoms in total. The van der Waals surface area contributed by atoms with Crippen molar-refractivity contribution in [1.29, 1.82) is 0 Å². The fourth-order valence-electron chi connectivity index (χ4n) is 2.13. The Labute approximate surface area is 111 Å². The molecule has 2 aromatic rings. The van der Waals surface area contributed by atoms with Crippen molar-refractivity contribution in [2.24, 2.45) is 12.8 Å². The third kappa shape index (κ3) is 2.09. The van der Waals surface area contributed by atoms with Crippen LogP contribution in [-0.2, 0) is 13.6 Å². The molecule has 96 valence electrons. The van der Waals surface area contributed by atoms with Crippen LogP contribution in [0.1, 0.15) is 11.3 Å². The lowest BCUT2D eigenvalue weighted by atomic mass is 10.0. The summed E-state index contributed by atoms with van der Waals surface area (Å²) >= 11 is 6.12. The number of nitrogens with two attached hydrogens (primary N) is 1. The van der Waals surface area contributed by atoms with Crippen molar-refractivity contribution in [3.05, 3.63) is 34.6 Å². The Bertz CT molecular complexity index is 578. The normalized spacial score (nSPS) is 10.7. The highest BCUT2D eigenvalue weighted by Gasteiger charge is 2.16. The highest BCUT2D eigenvalue weighted by Crippen LogP contribution is 2.37. The van der Waals surface area contributed by atoms with Gasteiger partial charge in [0, 0.05) is 29.7 Å². The van der Waals surface area contributed by atoms with E-state index in [9.17, 15) is 0 Å². The van der Waals surface area contributed by atoms with Gasteiger partial charge in [0.25, 0.3) is 0 Å². The van der Waals surface area contributed by atoms with Crippen LogP contribution >= 0.6 is 11.6 Å². The molecule has 0 aliphatic carbocycles. The van der Waals surface area contributed by atoms with Crippen LogP contribution in [0, 0.1) is 6.92 Å². The largest absolute Gasteiger partial charge is 0.496 e. The van der Waals surface area contributed by atoms with E-state index in [0.29, 0.717) is 11.6 Å².